The summed E-state index contributed by atoms with van der Waals surface area (Å²) < 4.78 is 45.7. The van der Waals surface area contributed by atoms with Crippen molar-refractivity contribution < 1.29 is 17.9 Å². The Morgan fingerprint density at radius 1 is 0.941 bits per heavy atom. The number of aromatic hydroxyl groups is 1. The number of halogens is 1. The fraction of sp³-hybridized carbons (Fsp3) is 0.263. The monoisotopic (exact) mass is 700 g/mol. The van der Waals surface area contributed by atoms with Crippen LogP contribution in [0.15, 0.2) is 90.3 Å². The Hall–Kier alpha value is -5.58. The number of aryl methyl sites for hydroxylation is 1. The van der Waals surface area contributed by atoms with E-state index in [-0.39, 0.29) is 34.2 Å². The molecule has 7 heterocycles. The molecule has 1 saturated carbocycles. The number of anilines is 1. The maximum absolute atomic E-state index is 14.4. The van der Waals surface area contributed by atoms with E-state index in [9.17, 15) is 23.2 Å². The molecule has 2 unspecified atom stereocenters. The van der Waals surface area contributed by atoms with Crippen LogP contribution in [-0.2, 0) is 16.6 Å². The molecule has 4 aliphatic rings. The predicted octanol–water partition coefficient (Wildman–Crippen LogP) is 6.02. The average molecular weight is 701 g/mol. The van der Waals surface area contributed by atoms with Crippen molar-refractivity contribution in [3.63, 3.8) is 0 Å². The Balaban J connectivity index is 1.07. The minimum atomic E-state index is -4.11. The minimum absolute atomic E-state index is 0.0981. The molecule has 10 rings (SSSR count). The molecule has 1 N–H and O–H groups in total. The molecular formula is C38H33FN8O3S. The molecule has 4 aromatic heterocycles. The van der Waals surface area contributed by atoms with Crippen molar-refractivity contribution in [2.24, 2.45) is 0 Å². The van der Waals surface area contributed by atoms with Crippen LogP contribution < -0.4 is 4.90 Å². The Labute approximate surface area is 293 Å². The molecule has 0 radical (unpaired) electrons. The first-order valence-electron chi connectivity index (χ1n) is 16.9. The predicted molar refractivity (Wildman–Crippen MR) is 189 cm³/mol. The summed E-state index contributed by atoms with van der Waals surface area (Å²) in [5.74, 6) is 0.523. The fourth-order valence-corrected chi connectivity index (χ4v) is 9.00. The largest absolute Gasteiger partial charge is 0.508 e. The normalized spacial score (nSPS) is 18.9. The van der Waals surface area contributed by atoms with Crippen molar-refractivity contribution in [3.05, 3.63) is 108 Å². The van der Waals surface area contributed by atoms with E-state index in [1.165, 1.54) is 28.4 Å². The zero-order valence-electron chi connectivity index (χ0n) is 27.7. The number of fused-ring (bicyclic) bond motifs is 3. The second-order valence-corrected chi connectivity index (χ2v) is 15.5. The lowest BCUT2D eigenvalue weighted by Gasteiger charge is -2.56. The third kappa shape index (κ3) is 5.33. The molecule has 2 aromatic carbocycles. The lowest BCUT2D eigenvalue weighted by molar-refractivity contribution is -0.00921. The summed E-state index contributed by atoms with van der Waals surface area (Å²) in [6, 6.07) is 19.5. The van der Waals surface area contributed by atoms with Gasteiger partial charge in [-0.2, -0.15) is 10.4 Å². The first-order chi connectivity index (χ1) is 24.7. The van der Waals surface area contributed by atoms with Crippen molar-refractivity contribution in [3.8, 4) is 34.2 Å². The highest BCUT2D eigenvalue weighted by molar-refractivity contribution is 7.90. The van der Waals surface area contributed by atoms with Gasteiger partial charge in [-0.05, 0) is 74.7 Å². The standard InChI is InChI=1S/C38H33FN8O3S/c1-23-2-8-32(9-3-23)51(49,50)47-34(27-18-43-46(20-27)29-6-7-29)14-33-37(26(15-40)17-42-38(33)47)24-4-11-36(41-16-24)44-21-30-13-31(22-44)45(30)19-25-12-28(39)5-10-35(25)48/h2-5,8-12,14,16-18,20,29-31,48H,6-7,13,19,21-22H2,1H3. The summed E-state index contributed by atoms with van der Waals surface area (Å²) >= 11 is 0. The summed E-state index contributed by atoms with van der Waals surface area (Å²) in [6.07, 6.45) is 9.79. The van der Waals surface area contributed by atoms with Gasteiger partial charge in [0.25, 0.3) is 10.0 Å². The van der Waals surface area contributed by atoms with Gasteiger partial charge in [0.15, 0.2) is 5.65 Å². The van der Waals surface area contributed by atoms with Crippen molar-refractivity contribution in [2.45, 2.75) is 55.8 Å². The summed E-state index contributed by atoms with van der Waals surface area (Å²) in [5.41, 5.74) is 4.30. The molecule has 11 nitrogen and oxygen atoms in total. The smallest absolute Gasteiger partial charge is 0.269 e. The van der Waals surface area contributed by atoms with Gasteiger partial charge in [-0.25, -0.2) is 26.7 Å². The van der Waals surface area contributed by atoms with Crippen LogP contribution in [0.2, 0.25) is 0 Å². The summed E-state index contributed by atoms with van der Waals surface area (Å²) in [6.45, 7) is 3.86. The molecule has 2 atom stereocenters. The van der Waals surface area contributed by atoms with Crippen LogP contribution in [0.3, 0.4) is 0 Å². The molecule has 256 valence electrons. The number of benzene rings is 2. The van der Waals surface area contributed by atoms with Crippen LogP contribution in [0, 0.1) is 24.1 Å². The summed E-state index contributed by atoms with van der Waals surface area (Å²) in [7, 11) is -4.11. The zero-order valence-corrected chi connectivity index (χ0v) is 28.5. The fourth-order valence-electron chi connectivity index (χ4n) is 7.52. The first-order valence-corrected chi connectivity index (χ1v) is 18.4. The second-order valence-electron chi connectivity index (χ2n) is 13.7. The Morgan fingerprint density at radius 2 is 1.73 bits per heavy atom. The molecule has 1 aliphatic carbocycles. The average Bonchev–Trinajstić information content (AvgIpc) is 3.73. The zero-order chi connectivity index (χ0) is 35.0. The van der Waals surface area contributed by atoms with Gasteiger partial charge < -0.3 is 10.0 Å². The number of phenols is 1. The van der Waals surface area contributed by atoms with Gasteiger partial charge in [0.05, 0.1) is 28.4 Å². The van der Waals surface area contributed by atoms with Gasteiger partial charge in [-0.15, -0.1) is 0 Å². The van der Waals surface area contributed by atoms with E-state index in [0.717, 1.165) is 43.7 Å². The number of hydrogen-bond acceptors (Lipinski definition) is 9. The molecule has 0 spiro atoms. The highest BCUT2D eigenvalue weighted by Gasteiger charge is 2.45. The lowest BCUT2D eigenvalue weighted by atomic mass is 9.86. The molecule has 13 heteroatoms. The molecule has 6 aromatic rings. The quantitative estimate of drug-likeness (QED) is 0.202. The highest BCUT2D eigenvalue weighted by Crippen LogP contribution is 2.41. The van der Waals surface area contributed by atoms with Crippen LogP contribution in [0.25, 0.3) is 33.4 Å². The molecule has 4 fully saturated rings. The van der Waals surface area contributed by atoms with Crippen molar-refractivity contribution >= 4 is 26.9 Å². The van der Waals surface area contributed by atoms with Gasteiger partial charge in [0.1, 0.15) is 23.5 Å². The molecule has 3 saturated heterocycles. The molecule has 3 aliphatic heterocycles. The number of phenolic OH excluding ortho intramolecular Hbond substituents is 1. The second kappa shape index (κ2) is 11.8. The number of pyridine rings is 2. The van der Waals surface area contributed by atoms with Crippen LogP contribution >= 0.6 is 0 Å². The lowest BCUT2D eigenvalue weighted by Crippen LogP contribution is -2.68. The Bertz CT molecular complexity index is 2470. The summed E-state index contributed by atoms with van der Waals surface area (Å²) in [4.78, 5) is 14.0. The topological polar surface area (TPSA) is 133 Å². The van der Waals surface area contributed by atoms with Crippen LogP contribution in [0.4, 0.5) is 10.2 Å². The minimum Gasteiger partial charge on any atom is -0.508 e. The van der Waals surface area contributed by atoms with Gasteiger partial charge in [-0.3, -0.25) is 9.58 Å². The number of rotatable bonds is 8. The number of nitrogens with zero attached hydrogens (tertiary/aromatic N) is 8. The van der Waals surface area contributed by atoms with E-state index in [4.69, 9.17) is 4.98 Å². The number of piperidine rings is 1. The van der Waals surface area contributed by atoms with Gasteiger partial charge in [0, 0.05) is 77.9 Å². The van der Waals surface area contributed by atoms with E-state index < -0.39 is 10.0 Å². The molecule has 51 heavy (non-hydrogen) atoms. The number of aromatic nitrogens is 5. The van der Waals surface area contributed by atoms with Crippen molar-refractivity contribution in [1.29, 1.82) is 5.26 Å². The SMILES string of the molecule is Cc1ccc(S(=O)(=O)n2c(-c3cnn(C4CC4)c3)cc3c(-c4ccc(N5CC6CC(C5)N6Cc5cc(F)ccc5O)nc4)c(C#N)cnc32)cc1. The van der Waals surface area contributed by atoms with Crippen LogP contribution in [0.1, 0.15) is 42.0 Å². The van der Waals surface area contributed by atoms with Crippen LogP contribution in [-0.4, -0.2) is 67.3 Å². The van der Waals surface area contributed by atoms with E-state index in [2.05, 4.69) is 26.0 Å². The maximum Gasteiger partial charge on any atom is 0.269 e. The third-order valence-corrected chi connectivity index (χ3v) is 12.1. The molecule has 0 amide bonds. The van der Waals surface area contributed by atoms with E-state index >= 15 is 0 Å². The van der Waals surface area contributed by atoms with E-state index in [1.54, 1.807) is 42.7 Å². The Morgan fingerprint density at radius 3 is 2.43 bits per heavy atom. The van der Waals surface area contributed by atoms with Crippen molar-refractivity contribution in [1.82, 2.24) is 28.6 Å². The third-order valence-electron chi connectivity index (χ3n) is 10.4. The Kier molecular flexibility index (Phi) is 7.24. The van der Waals surface area contributed by atoms with Gasteiger partial charge in [-0.1, -0.05) is 17.7 Å². The molecular weight excluding hydrogens is 668 g/mol. The van der Waals surface area contributed by atoms with Crippen molar-refractivity contribution in [2.75, 3.05) is 18.0 Å². The van der Waals surface area contributed by atoms with Crippen LogP contribution in [0.5, 0.6) is 5.75 Å². The van der Waals surface area contributed by atoms with E-state index in [1.807, 2.05) is 29.9 Å². The maximum atomic E-state index is 14.4. The van der Waals surface area contributed by atoms with Gasteiger partial charge in [0.2, 0.25) is 0 Å². The number of hydrogen-bond donors (Lipinski definition) is 1. The van der Waals surface area contributed by atoms with E-state index in [0.29, 0.717) is 51.5 Å². The molecule has 2 bridgehead atoms. The number of piperazine rings is 1. The van der Waals surface area contributed by atoms with Gasteiger partial charge >= 0.3 is 0 Å². The summed E-state index contributed by atoms with van der Waals surface area (Å²) in [5, 5.41) is 25.5. The highest BCUT2D eigenvalue weighted by atomic mass is 32.2. The number of nitriles is 1. The first kappa shape index (κ1) is 31.4.